The van der Waals surface area contributed by atoms with E-state index in [-0.39, 0.29) is 12.5 Å². The summed E-state index contributed by atoms with van der Waals surface area (Å²) < 4.78 is 2.44. The number of nitrogens with one attached hydrogen (secondary N) is 1. The predicted octanol–water partition coefficient (Wildman–Crippen LogP) is 2.49. The number of benzene rings is 1. The molecule has 1 aromatic carbocycles. The van der Waals surface area contributed by atoms with Gasteiger partial charge >= 0.3 is 0 Å². The minimum Gasteiger partial charge on any atom is -0.300 e. The van der Waals surface area contributed by atoms with Crippen LogP contribution in [0.15, 0.2) is 24.8 Å². The molecule has 0 saturated heterocycles. The minimum absolute atomic E-state index is 0.107. The van der Waals surface area contributed by atoms with Gasteiger partial charge in [0.05, 0.1) is 10.2 Å². The molecule has 0 aliphatic heterocycles. The first-order valence-corrected chi connectivity index (χ1v) is 7.01. The van der Waals surface area contributed by atoms with Crippen LogP contribution in [-0.4, -0.2) is 25.7 Å². The van der Waals surface area contributed by atoms with E-state index < -0.39 is 0 Å². The largest absolute Gasteiger partial charge is 0.300 e. The molecule has 0 aliphatic rings. The van der Waals surface area contributed by atoms with E-state index in [1.54, 1.807) is 0 Å². The highest BCUT2D eigenvalue weighted by molar-refractivity contribution is 7.22. The summed E-state index contributed by atoms with van der Waals surface area (Å²) in [5, 5.41) is 7.85. The van der Waals surface area contributed by atoms with Gasteiger partial charge in [-0.25, -0.2) is 14.6 Å². The number of thiazole rings is 1. The Morgan fingerprint density at radius 2 is 2.35 bits per heavy atom. The molecule has 0 spiro atoms. The topological polar surface area (TPSA) is 72.7 Å². The Labute approximate surface area is 123 Å². The van der Waals surface area contributed by atoms with Gasteiger partial charge in [0.25, 0.3) is 0 Å². The maximum atomic E-state index is 11.8. The van der Waals surface area contributed by atoms with Crippen molar-refractivity contribution in [1.82, 2.24) is 19.7 Å². The van der Waals surface area contributed by atoms with Gasteiger partial charge in [-0.2, -0.15) is 5.10 Å². The van der Waals surface area contributed by atoms with Gasteiger partial charge in [-0.05, 0) is 24.6 Å². The van der Waals surface area contributed by atoms with Crippen molar-refractivity contribution in [3.05, 3.63) is 35.4 Å². The zero-order valence-electron chi connectivity index (χ0n) is 10.5. The highest BCUT2D eigenvalue weighted by Crippen LogP contribution is 2.31. The molecule has 20 heavy (non-hydrogen) atoms. The third-order valence-corrected chi connectivity index (χ3v) is 4.11. The third-order valence-electron chi connectivity index (χ3n) is 2.77. The second kappa shape index (κ2) is 5.18. The van der Waals surface area contributed by atoms with E-state index in [0.29, 0.717) is 10.2 Å². The van der Waals surface area contributed by atoms with Crippen LogP contribution in [0.5, 0.6) is 0 Å². The van der Waals surface area contributed by atoms with Crippen LogP contribution in [0.2, 0.25) is 5.02 Å². The van der Waals surface area contributed by atoms with E-state index in [2.05, 4.69) is 20.4 Å². The number of aromatic nitrogens is 4. The number of aryl methyl sites for hydroxylation is 1. The first-order chi connectivity index (χ1) is 9.63. The second-order valence-electron chi connectivity index (χ2n) is 4.18. The van der Waals surface area contributed by atoms with E-state index in [1.807, 2.05) is 19.1 Å². The lowest BCUT2D eigenvalue weighted by molar-refractivity contribution is -0.116. The van der Waals surface area contributed by atoms with Gasteiger partial charge in [-0.3, -0.25) is 4.79 Å². The zero-order chi connectivity index (χ0) is 14.1. The molecule has 102 valence electrons. The lowest BCUT2D eigenvalue weighted by atomic mass is 10.2. The Morgan fingerprint density at radius 1 is 1.50 bits per heavy atom. The molecule has 3 rings (SSSR count). The van der Waals surface area contributed by atoms with E-state index in [1.165, 1.54) is 28.7 Å². The molecular weight excluding hydrogens is 298 g/mol. The lowest BCUT2D eigenvalue weighted by Crippen LogP contribution is -2.18. The third kappa shape index (κ3) is 2.50. The fourth-order valence-electron chi connectivity index (χ4n) is 1.77. The molecule has 0 saturated carbocycles. The minimum atomic E-state index is -0.196. The molecule has 8 heteroatoms. The van der Waals surface area contributed by atoms with Crippen molar-refractivity contribution in [3.63, 3.8) is 0 Å². The van der Waals surface area contributed by atoms with Crippen molar-refractivity contribution < 1.29 is 4.79 Å². The molecule has 2 aromatic heterocycles. The summed E-state index contributed by atoms with van der Waals surface area (Å²) in [4.78, 5) is 20.0. The smallest absolute Gasteiger partial charge is 0.247 e. The summed E-state index contributed by atoms with van der Waals surface area (Å²) in [5.74, 6) is -0.196. The van der Waals surface area contributed by atoms with Gasteiger partial charge < -0.3 is 5.32 Å². The first-order valence-electron chi connectivity index (χ1n) is 5.81. The summed E-state index contributed by atoms with van der Waals surface area (Å²) >= 11 is 7.47. The van der Waals surface area contributed by atoms with Crippen LogP contribution in [0.1, 0.15) is 5.56 Å². The summed E-state index contributed by atoms with van der Waals surface area (Å²) in [6.07, 6.45) is 2.87. The summed E-state index contributed by atoms with van der Waals surface area (Å²) in [6, 6.07) is 3.73. The molecule has 0 bridgehead atoms. The van der Waals surface area contributed by atoms with Crippen molar-refractivity contribution in [1.29, 1.82) is 0 Å². The Morgan fingerprint density at radius 3 is 3.10 bits per heavy atom. The number of hydrogen-bond donors (Lipinski definition) is 1. The van der Waals surface area contributed by atoms with E-state index in [9.17, 15) is 4.79 Å². The number of amides is 1. The van der Waals surface area contributed by atoms with Gasteiger partial charge in [0.1, 0.15) is 19.2 Å². The number of anilines is 1. The van der Waals surface area contributed by atoms with Crippen LogP contribution >= 0.6 is 22.9 Å². The number of carbonyl (C=O) groups excluding carboxylic acids is 1. The van der Waals surface area contributed by atoms with E-state index in [0.717, 1.165) is 15.8 Å². The van der Waals surface area contributed by atoms with Crippen LogP contribution in [0.4, 0.5) is 5.13 Å². The number of hydrogen-bond acceptors (Lipinski definition) is 5. The molecule has 0 unspecified atom stereocenters. The molecule has 2 heterocycles. The van der Waals surface area contributed by atoms with Gasteiger partial charge in [-0.1, -0.05) is 22.9 Å². The SMILES string of the molecule is Cc1c(Cl)ccc2sc(NC(=O)Cn3cncn3)nc12. The van der Waals surface area contributed by atoms with Crippen LogP contribution < -0.4 is 5.32 Å². The highest BCUT2D eigenvalue weighted by atomic mass is 35.5. The normalized spacial score (nSPS) is 10.9. The first kappa shape index (κ1) is 13.0. The summed E-state index contributed by atoms with van der Waals surface area (Å²) in [6.45, 7) is 2.01. The Hall–Kier alpha value is -1.99. The van der Waals surface area contributed by atoms with E-state index >= 15 is 0 Å². The average Bonchev–Trinajstić information content (AvgIpc) is 3.03. The van der Waals surface area contributed by atoms with Crippen molar-refractivity contribution in [2.75, 3.05) is 5.32 Å². The zero-order valence-corrected chi connectivity index (χ0v) is 12.1. The Bertz CT molecular complexity index is 768. The quantitative estimate of drug-likeness (QED) is 0.807. The maximum absolute atomic E-state index is 11.8. The standard InChI is InChI=1S/C12H10ClN5OS/c1-7-8(13)2-3-9-11(7)17-12(20-9)16-10(19)4-18-6-14-5-15-18/h2-3,5-6H,4H2,1H3,(H,16,17,19). The number of nitrogens with zero attached hydrogens (tertiary/aromatic N) is 4. The van der Waals surface area contributed by atoms with Crippen molar-refractivity contribution in [2.45, 2.75) is 13.5 Å². The van der Waals surface area contributed by atoms with Crippen molar-refractivity contribution in [3.8, 4) is 0 Å². The van der Waals surface area contributed by atoms with Crippen LogP contribution in [-0.2, 0) is 11.3 Å². The van der Waals surface area contributed by atoms with Crippen molar-refractivity contribution >= 4 is 44.2 Å². The lowest BCUT2D eigenvalue weighted by Gasteiger charge is -2.00. The number of halogens is 1. The van der Waals surface area contributed by atoms with Crippen LogP contribution in [0.3, 0.4) is 0 Å². The molecule has 0 atom stereocenters. The summed E-state index contributed by atoms with van der Waals surface area (Å²) in [5.41, 5.74) is 1.73. The molecule has 0 radical (unpaired) electrons. The average molecular weight is 308 g/mol. The van der Waals surface area contributed by atoms with E-state index in [4.69, 9.17) is 11.6 Å². The molecule has 1 N–H and O–H groups in total. The fourth-order valence-corrected chi connectivity index (χ4v) is 2.87. The Kier molecular flexibility index (Phi) is 3.37. The van der Waals surface area contributed by atoms with Gasteiger partial charge in [0.15, 0.2) is 5.13 Å². The molecule has 0 aliphatic carbocycles. The van der Waals surface area contributed by atoms with Gasteiger partial charge in [0, 0.05) is 5.02 Å². The number of rotatable bonds is 3. The van der Waals surface area contributed by atoms with Crippen molar-refractivity contribution in [2.24, 2.45) is 0 Å². The van der Waals surface area contributed by atoms with Gasteiger partial charge in [0.2, 0.25) is 5.91 Å². The fraction of sp³-hybridized carbons (Fsp3) is 0.167. The Balaban J connectivity index is 1.81. The molecule has 0 fully saturated rings. The number of fused-ring (bicyclic) bond motifs is 1. The summed E-state index contributed by atoms with van der Waals surface area (Å²) in [7, 11) is 0. The van der Waals surface area contributed by atoms with Crippen LogP contribution in [0.25, 0.3) is 10.2 Å². The molecule has 1 amide bonds. The van der Waals surface area contributed by atoms with Gasteiger partial charge in [-0.15, -0.1) is 0 Å². The second-order valence-corrected chi connectivity index (χ2v) is 5.62. The maximum Gasteiger partial charge on any atom is 0.247 e. The molecular formula is C12H10ClN5OS. The number of carbonyl (C=O) groups is 1. The van der Waals surface area contributed by atoms with Crippen LogP contribution in [0, 0.1) is 6.92 Å². The molecule has 6 nitrogen and oxygen atoms in total. The molecule has 3 aromatic rings. The monoisotopic (exact) mass is 307 g/mol. The predicted molar refractivity (Wildman–Crippen MR) is 78.0 cm³/mol. The highest BCUT2D eigenvalue weighted by Gasteiger charge is 2.11.